The number of rotatable bonds is 6. The number of sulfonamides is 1. The second-order valence-electron chi connectivity index (χ2n) is 7.26. The third-order valence-electron chi connectivity index (χ3n) is 4.81. The lowest BCUT2D eigenvalue weighted by Crippen LogP contribution is -2.32. The monoisotopic (exact) mass is 402 g/mol. The van der Waals surface area contributed by atoms with Gasteiger partial charge in [0.2, 0.25) is 10.0 Å². The van der Waals surface area contributed by atoms with Crippen molar-refractivity contribution in [2.24, 2.45) is 0 Å². The molecule has 0 heterocycles. The normalized spacial score (nSPS) is 16.5. The van der Waals surface area contributed by atoms with E-state index in [1.54, 1.807) is 0 Å². The van der Waals surface area contributed by atoms with Gasteiger partial charge in [-0.3, -0.25) is 4.79 Å². The van der Waals surface area contributed by atoms with Gasteiger partial charge in [-0.2, -0.15) is 0 Å². The lowest BCUT2D eigenvalue weighted by molar-refractivity contribution is 0.0940. The number of fused-ring (bicyclic) bond motifs is 1. The molecule has 6 nitrogen and oxygen atoms in total. The SMILES string of the molecule is COc1ccc(S(=O)(=O)NC2CCCc3ccccc32)cc1C(=O)NC(C)C. The Hall–Kier alpha value is -2.38. The summed E-state index contributed by atoms with van der Waals surface area (Å²) < 4.78 is 34.1. The van der Waals surface area contributed by atoms with Gasteiger partial charge >= 0.3 is 0 Å². The molecule has 2 aromatic carbocycles. The van der Waals surface area contributed by atoms with E-state index in [1.165, 1.54) is 30.9 Å². The van der Waals surface area contributed by atoms with E-state index in [2.05, 4.69) is 10.0 Å². The van der Waals surface area contributed by atoms with E-state index in [9.17, 15) is 13.2 Å². The Bertz CT molecular complexity index is 970. The highest BCUT2D eigenvalue weighted by Crippen LogP contribution is 2.31. The van der Waals surface area contributed by atoms with Crippen LogP contribution < -0.4 is 14.8 Å². The molecule has 0 radical (unpaired) electrons. The molecule has 0 saturated heterocycles. The molecule has 1 aliphatic rings. The van der Waals surface area contributed by atoms with E-state index < -0.39 is 10.0 Å². The first-order valence-electron chi connectivity index (χ1n) is 9.41. The van der Waals surface area contributed by atoms with Crippen molar-refractivity contribution < 1.29 is 17.9 Å². The fourth-order valence-corrected chi connectivity index (χ4v) is 4.78. The molecule has 0 fully saturated rings. The van der Waals surface area contributed by atoms with Crippen molar-refractivity contribution in [1.29, 1.82) is 0 Å². The minimum Gasteiger partial charge on any atom is -0.496 e. The highest BCUT2D eigenvalue weighted by atomic mass is 32.2. The fraction of sp³-hybridized carbons (Fsp3) is 0.381. The molecule has 150 valence electrons. The second-order valence-corrected chi connectivity index (χ2v) is 8.97. The summed E-state index contributed by atoms with van der Waals surface area (Å²) >= 11 is 0. The van der Waals surface area contributed by atoms with E-state index in [4.69, 9.17) is 4.74 Å². The summed E-state index contributed by atoms with van der Waals surface area (Å²) in [5.74, 6) is -0.0352. The van der Waals surface area contributed by atoms with E-state index in [1.807, 2.05) is 38.1 Å². The number of benzene rings is 2. The Morgan fingerprint density at radius 1 is 1.18 bits per heavy atom. The molecule has 2 aromatic rings. The zero-order valence-electron chi connectivity index (χ0n) is 16.4. The lowest BCUT2D eigenvalue weighted by Gasteiger charge is -2.26. The molecule has 0 spiro atoms. The largest absolute Gasteiger partial charge is 0.496 e. The molecule has 1 aliphatic carbocycles. The summed E-state index contributed by atoms with van der Waals surface area (Å²) in [6.45, 7) is 3.68. The van der Waals surface area contributed by atoms with Crippen LogP contribution in [-0.2, 0) is 16.4 Å². The molecule has 1 amide bonds. The number of nitrogens with one attached hydrogen (secondary N) is 2. The number of carbonyl (C=O) groups is 1. The van der Waals surface area contributed by atoms with Crippen molar-refractivity contribution in [3.63, 3.8) is 0 Å². The number of aryl methyl sites for hydroxylation is 1. The summed E-state index contributed by atoms with van der Waals surface area (Å²) in [5.41, 5.74) is 2.39. The van der Waals surface area contributed by atoms with Crippen LogP contribution in [-0.4, -0.2) is 27.5 Å². The first-order chi connectivity index (χ1) is 13.3. The molecule has 1 atom stereocenters. The van der Waals surface area contributed by atoms with Crippen LogP contribution in [0.2, 0.25) is 0 Å². The molecular formula is C21H26N2O4S. The standard InChI is InChI=1S/C21H26N2O4S/c1-14(2)22-21(24)18-13-16(11-12-20(18)27-3)28(25,26)23-19-10-6-8-15-7-4-5-9-17(15)19/h4-5,7,9,11-14,19,23H,6,8,10H2,1-3H3,(H,22,24). The van der Waals surface area contributed by atoms with Gasteiger partial charge in [0.15, 0.2) is 0 Å². The Morgan fingerprint density at radius 3 is 2.64 bits per heavy atom. The van der Waals surface area contributed by atoms with Crippen LogP contribution in [0.25, 0.3) is 0 Å². The summed E-state index contributed by atoms with van der Waals surface area (Å²) in [6, 6.07) is 11.9. The van der Waals surface area contributed by atoms with E-state index in [0.29, 0.717) is 5.75 Å². The highest BCUT2D eigenvalue weighted by Gasteiger charge is 2.27. The maximum Gasteiger partial charge on any atom is 0.255 e. The molecule has 0 aromatic heterocycles. The van der Waals surface area contributed by atoms with Crippen molar-refractivity contribution >= 4 is 15.9 Å². The molecule has 28 heavy (non-hydrogen) atoms. The highest BCUT2D eigenvalue weighted by molar-refractivity contribution is 7.89. The van der Waals surface area contributed by atoms with Gasteiger partial charge in [-0.05, 0) is 62.4 Å². The zero-order valence-corrected chi connectivity index (χ0v) is 17.2. The predicted molar refractivity (Wildman–Crippen MR) is 108 cm³/mol. The summed E-state index contributed by atoms with van der Waals surface area (Å²) in [6.07, 6.45) is 2.62. The van der Waals surface area contributed by atoms with Gasteiger partial charge in [0.25, 0.3) is 5.91 Å². The molecule has 0 saturated carbocycles. The Balaban J connectivity index is 1.91. The van der Waals surface area contributed by atoms with E-state index in [0.717, 1.165) is 24.8 Å². The van der Waals surface area contributed by atoms with Crippen LogP contribution in [0.3, 0.4) is 0 Å². The van der Waals surface area contributed by atoms with Gasteiger partial charge in [0, 0.05) is 12.1 Å². The van der Waals surface area contributed by atoms with Crippen molar-refractivity contribution in [2.45, 2.75) is 50.1 Å². The minimum atomic E-state index is -3.80. The van der Waals surface area contributed by atoms with E-state index in [-0.39, 0.29) is 28.4 Å². The van der Waals surface area contributed by atoms with Crippen LogP contribution in [0, 0.1) is 0 Å². The van der Waals surface area contributed by atoms with Crippen LogP contribution in [0.1, 0.15) is 54.2 Å². The third-order valence-corrected chi connectivity index (χ3v) is 6.28. The van der Waals surface area contributed by atoms with Crippen LogP contribution >= 0.6 is 0 Å². The smallest absolute Gasteiger partial charge is 0.255 e. The average Bonchev–Trinajstić information content (AvgIpc) is 2.67. The van der Waals surface area contributed by atoms with Crippen molar-refractivity contribution in [1.82, 2.24) is 10.0 Å². The number of amides is 1. The Kier molecular flexibility index (Phi) is 6.05. The fourth-order valence-electron chi connectivity index (χ4n) is 3.50. The maximum absolute atomic E-state index is 13.0. The average molecular weight is 403 g/mol. The van der Waals surface area contributed by atoms with Crippen molar-refractivity contribution in [3.8, 4) is 5.75 Å². The Labute approximate surface area is 166 Å². The van der Waals surface area contributed by atoms with Crippen LogP contribution in [0.15, 0.2) is 47.4 Å². The van der Waals surface area contributed by atoms with Crippen LogP contribution in [0.5, 0.6) is 5.75 Å². The number of carbonyl (C=O) groups excluding carboxylic acids is 1. The van der Waals surface area contributed by atoms with Crippen molar-refractivity contribution in [3.05, 3.63) is 59.2 Å². The predicted octanol–water partition coefficient (Wildman–Crippen LogP) is 3.19. The number of hydrogen-bond acceptors (Lipinski definition) is 4. The molecule has 2 N–H and O–H groups in total. The van der Waals surface area contributed by atoms with Gasteiger partial charge in [-0.15, -0.1) is 0 Å². The molecular weight excluding hydrogens is 376 g/mol. The van der Waals surface area contributed by atoms with Gasteiger partial charge in [-0.1, -0.05) is 24.3 Å². The third kappa shape index (κ3) is 4.36. The van der Waals surface area contributed by atoms with Crippen molar-refractivity contribution in [2.75, 3.05) is 7.11 Å². The topological polar surface area (TPSA) is 84.5 Å². The molecule has 1 unspecified atom stereocenters. The molecule has 0 aliphatic heterocycles. The molecule has 7 heteroatoms. The van der Waals surface area contributed by atoms with Gasteiger partial charge in [0.05, 0.1) is 17.6 Å². The number of hydrogen-bond donors (Lipinski definition) is 2. The number of methoxy groups -OCH3 is 1. The first kappa shape index (κ1) is 20.4. The molecule has 0 bridgehead atoms. The summed E-state index contributed by atoms with van der Waals surface area (Å²) in [7, 11) is -2.35. The summed E-state index contributed by atoms with van der Waals surface area (Å²) in [5, 5.41) is 2.77. The van der Waals surface area contributed by atoms with Crippen LogP contribution in [0.4, 0.5) is 0 Å². The zero-order chi connectivity index (χ0) is 20.3. The number of ether oxygens (including phenoxy) is 1. The molecule has 3 rings (SSSR count). The van der Waals surface area contributed by atoms with E-state index >= 15 is 0 Å². The Morgan fingerprint density at radius 2 is 1.93 bits per heavy atom. The quantitative estimate of drug-likeness (QED) is 0.777. The minimum absolute atomic E-state index is 0.0465. The lowest BCUT2D eigenvalue weighted by atomic mass is 9.88. The second kappa shape index (κ2) is 8.32. The summed E-state index contributed by atoms with van der Waals surface area (Å²) in [4.78, 5) is 12.5. The van der Waals surface area contributed by atoms with Gasteiger partial charge in [-0.25, -0.2) is 13.1 Å². The van der Waals surface area contributed by atoms with Gasteiger partial charge in [0.1, 0.15) is 5.75 Å². The first-order valence-corrected chi connectivity index (χ1v) is 10.9. The van der Waals surface area contributed by atoms with Gasteiger partial charge < -0.3 is 10.1 Å². The maximum atomic E-state index is 13.0.